The first-order valence-corrected chi connectivity index (χ1v) is 14.1. The molecule has 9 rings (SSSR count). The minimum Gasteiger partial charge on any atom is -0.458 e. The summed E-state index contributed by atoms with van der Waals surface area (Å²) in [5.74, 6) is 3.57. The average Bonchev–Trinajstić information content (AvgIpc) is 3.03. The molecular formula is C37H24BNO2. The summed E-state index contributed by atoms with van der Waals surface area (Å²) >= 11 is 0. The highest BCUT2D eigenvalue weighted by Gasteiger charge is 2.41. The maximum atomic E-state index is 6.80. The monoisotopic (exact) mass is 525 g/mol. The molecule has 0 spiro atoms. The standard InChI is InChI=1S/C37H24BNO2/c1-2-12-25(13-3-1)39-31-18-6-4-11-24(31)23-28-26(14-9-19-32(28)39)27-15-8-17-30-37(27)41-35-22-10-21-34-36(35)38(30)29-16-5-7-20-33(29)40-34/h1-22H,23H2. The van der Waals surface area contributed by atoms with Crippen molar-refractivity contribution in [2.75, 3.05) is 4.90 Å². The number of para-hydroxylation sites is 4. The number of hydrogen-bond acceptors (Lipinski definition) is 3. The molecule has 6 aromatic carbocycles. The molecule has 3 heterocycles. The Hall–Kier alpha value is -5.22. The van der Waals surface area contributed by atoms with Crippen LogP contribution in [0.5, 0.6) is 23.0 Å². The van der Waals surface area contributed by atoms with E-state index in [9.17, 15) is 0 Å². The van der Waals surface area contributed by atoms with Gasteiger partial charge in [0, 0.05) is 28.8 Å². The van der Waals surface area contributed by atoms with Gasteiger partial charge in [0.25, 0.3) is 6.71 Å². The van der Waals surface area contributed by atoms with Crippen LogP contribution in [0.15, 0.2) is 133 Å². The van der Waals surface area contributed by atoms with Gasteiger partial charge in [-0.3, -0.25) is 0 Å². The van der Waals surface area contributed by atoms with Crippen LogP contribution in [0, 0.1) is 0 Å². The summed E-state index contributed by atoms with van der Waals surface area (Å²) in [5, 5.41) is 0. The third-order valence-corrected chi connectivity index (χ3v) is 8.63. The van der Waals surface area contributed by atoms with Gasteiger partial charge in [-0.15, -0.1) is 0 Å². The van der Waals surface area contributed by atoms with E-state index < -0.39 is 0 Å². The van der Waals surface area contributed by atoms with Gasteiger partial charge in [-0.2, -0.15) is 0 Å². The highest BCUT2D eigenvalue weighted by Crippen LogP contribution is 2.48. The van der Waals surface area contributed by atoms with E-state index in [2.05, 4.69) is 120 Å². The number of anilines is 3. The lowest BCUT2D eigenvalue weighted by Crippen LogP contribution is -2.57. The molecule has 0 N–H and O–H groups in total. The zero-order valence-electron chi connectivity index (χ0n) is 22.2. The fraction of sp³-hybridized carbons (Fsp3) is 0.0270. The van der Waals surface area contributed by atoms with E-state index in [1.165, 1.54) is 39.0 Å². The average molecular weight is 525 g/mol. The summed E-state index contributed by atoms with van der Waals surface area (Å²) in [7, 11) is 0. The highest BCUT2D eigenvalue weighted by molar-refractivity contribution is 6.98. The first-order valence-electron chi connectivity index (χ1n) is 14.1. The Morgan fingerprint density at radius 2 is 1.17 bits per heavy atom. The molecule has 3 aliphatic rings. The van der Waals surface area contributed by atoms with E-state index in [0.29, 0.717) is 0 Å². The molecule has 3 aliphatic heterocycles. The number of hydrogen-bond donors (Lipinski definition) is 0. The van der Waals surface area contributed by atoms with Crippen LogP contribution >= 0.6 is 0 Å². The van der Waals surface area contributed by atoms with Gasteiger partial charge >= 0.3 is 0 Å². The lowest BCUT2D eigenvalue weighted by molar-refractivity contribution is 0.465. The Morgan fingerprint density at radius 1 is 0.512 bits per heavy atom. The lowest BCUT2D eigenvalue weighted by Gasteiger charge is -2.36. The van der Waals surface area contributed by atoms with Crippen LogP contribution in [-0.2, 0) is 6.42 Å². The predicted octanol–water partition coefficient (Wildman–Crippen LogP) is 7.46. The zero-order valence-corrected chi connectivity index (χ0v) is 22.2. The number of rotatable bonds is 2. The van der Waals surface area contributed by atoms with Crippen LogP contribution in [-0.4, -0.2) is 6.71 Å². The molecule has 192 valence electrons. The molecule has 0 saturated heterocycles. The zero-order chi connectivity index (χ0) is 26.9. The van der Waals surface area contributed by atoms with E-state index in [1.807, 2.05) is 18.2 Å². The number of ether oxygens (including phenoxy) is 2. The Bertz CT molecular complexity index is 2000. The predicted molar refractivity (Wildman–Crippen MR) is 167 cm³/mol. The van der Waals surface area contributed by atoms with E-state index in [-0.39, 0.29) is 6.71 Å². The van der Waals surface area contributed by atoms with Crippen molar-refractivity contribution in [1.82, 2.24) is 0 Å². The molecule has 4 heteroatoms. The van der Waals surface area contributed by atoms with Gasteiger partial charge in [0.1, 0.15) is 23.0 Å². The Balaban J connectivity index is 1.27. The SMILES string of the molecule is c1ccc(N2c3ccccc3Cc3c(-c4cccc5c4Oc4cccc6c4B5c4ccccc4O6)cccc32)cc1. The normalized spacial score (nSPS) is 13.6. The summed E-state index contributed by atoms with van der Waals surface area (Å²) in [6, 6.07) is 47.2. The summed E-state index contributed by atoms with van der Waals surface area (Å²) in [6.45, 7) is 0.0518. The molecule has 41 heavy (non-hydrogen) atoms. The molecule has 0 aliphatic carbocycles. The fourth-order valence-corrected chi connectivity index (χ4v) is 6.89. The van der Waals surface area contributed by atoms with Crippen molar-refractivity contribution in [2.24, 2.45) is 0 Å². The molecule has 0 amide bonds. The van der Waals surface area contributed by atoms with Crippen molar-refractivity contribution in [3.05, 3.63) is 145 Å². The molecule has 0 aromatic heterocycles. The second-order valence-electron chi connectivity index (χ2n) is 10.8. The van der Waals surface area contributed by atoms with Crippen molar-refractivity contribution in [2.45, 2.75) is 6.42 Å². The molecule has 6 aromatic rings. The van der Waals surface area contributed by atoms with E-state index in [4.69, 9.17) is 9.47 Å². The second kappa shape index (κ2) is 8.64. The fourth-order valence-electron chi connectivity index (χ4n) is 6.89. The maximum Gasteiger partial charge on any atom is 0.260 e. The van der Waals surface area contributed by atoms with Gasteiger partial charge in [0.2, 0.25) is 0 Å². The molecule has 0 fully saturated rings. The van der Waals surface area contributed by atoms with Crippen molar-refractivity contribution in [3.63, 3.8) is 0 Å². The van der Waals surface area contributed by atoms with Gasteiger partial charge in [-0.1, -0.05) is 91.0 Å². The van der Waals surface area contributed by atoms with Crippen LogP contribution in [0.2, 0.25) is 0 Å². The first-order chi connectivity index (χ1) is 20.3. The molecule has 0 bridgehead atoms. The molecule has 0 atom stereocenters. The van der Waals surface area contributed by atoms with E-state index in [1.54, 1.807) is 0 Å². The van der Waals surface area contributed by atoms with Crippen molar-refractivity contribution in [3.8, 4) is 34.1 Å². The van der Waals surface area contributed by atoms with Gasteiger partial charge in [0.05, 0.1) is 5.69 Å². The van der Waals surface area contributed by atoms with E-state index >= 15 is 0 Å². The Labute approximate surface area is 239 Å². The van der Waals surface area contributed by atoms with Crippen LogP contribution < -0.4 is 30.8 Å². The second-order valence-corrected chi connectivity index (χ2v) is 10.8. The molecule has 0 radical (unpaired) electrons. The van der Waals surface area contributed by atoms with Crippen LogP contribution in [0.4, 0.5) is 17.1 Å². The van der Waals surface area contributed by atoms with Gasteiger partial charge < -0.3 is 14.4 Å². The smallest absolute Gasteiger partial charge is 0.260 e. The van der Waals surface area contributed by atoms with Crippen LogP contribution in [0.1, 0.15) is 11.1 Å². The lowest BCUT2D eigenvalue weighted by atomic mass is 9.34. The summed E-state index contributed by atoms with van der Waals surface area (Å²) in [6.07, 6.45) is 0.857. The molecule has 0 unspecified atom stereocenters. The maximum absolute atomic E-state index is 6.80. The summed E-state index contributed by atoms with van der Waals surface area (Å²) < 4.78 is 13.1. The van der Waals surface area contributed by atoms with Gasteiger partial charge in [-0.25, -0.2) is 0 Å². The Morgan fingerprint density at radius 3 is 2.10 bits per heavy atom. The number of fused-ring (bicyclic) bond motifs is 6. The van der Waals surface area contributed by atoms with Crippen molar-refractivity contribution < 1.29 is 9.47 Å². The van der Waals surface area contributed by atoms with Crippen LogP contribution in [0.3, 0.4) is 0 Å². The number of benzene rings is 6. The van der Waals surface area contributed by atoms with Crippen molar-refractivity contribution in [1.29, 1.82) is 0 Å². The molecule has 3 nitrogen and oxygen atoms in total. The topological polar surface area (TPSA) is 21.7 Å². The largest absolute Gasteiger partial charge is 0.458 e. The van der Waals surface area contributed by atoms with Crippen LogP contribution in [0.25, 0.3) is 11.1 Å². The molecular weight excluding hydrogens is 501 g/mol. The minimum atomic E-state index is 0.0518. The third-order valence-electron chi connectivity index (χ3n) is 8.63. The summed E-state index contributed by atoms with van der Waals surface area (Å²) in [4.78, 5) is 2.39. The quantitative estimate of drug-likeness (QED) is 0.219. The number of nitrogens with zero attached hydrogens (tertiary/aromatic N) is 1. The molecule has 0 saturated carbocycles. The van der Waals surface area contributed by atoms with Gasteiger partial charge in [0.15, 0.2) is 0 Å². The van der Waals surface area contributed by atoms with E-state index in [0.717, 1.165) is 46.1 Å². The first kappa shape index (κ1) is 22.6. The van der Waals surface area contributed by atoms with Crippen molar-refractivity contribution >= 4 is 40.2 Å². The third kappa shape index (κ3) is 3.28. The Kier molecular flexibility index (Phi) is 4.76. The highest BCUT2D eigenvalue weighted by atomic mass is 16.5. The summed E-state index contributed by atoms with van der Waals surface area (Å²) in [5.41, 5.74) is 12.0. The van der Waals surface area contributed by atoms with Gasteiger partial charge in [-0.05, 0) is 70.1 Å². The minimum absolute atomic E-state index is 0.0518.